The van der Waals surface area contributed by atoms with Gasteiger partial charge in [0.25, 0.3) is 5.56 Å². The van der Waals surface area contributed by atoms with Gasteiger partial charge in [-0.3, -0.25) is 19.0 Å². The molecule has 0 saturated heterocycles. The Labute approximate surface area is 167 Å². The lowest BCUT2D eigenvalue weighted by Gasteiger charge is -2.15. The molecule has 9 heteroatoms. The highest BCUT2D eigenvalue weighted by Crippen LogP contribution is 2.12. The van der Waals surface area contributed by atoms with Gasteiger partial charge in [-0.1, -0.05) is 0 Å². The fourth-order valence-corrected chi connectivity index (χ4v) is 2.94. The molecule has 0 bridgehead atoms. The van der Waals surface area contributed by atoms with Gasteiger partial charge < -0.3 is 11.1 Å². The van der Waals surface area contributed by atoms with Crippen LogP contribution in [0.2, 0.25) is 0 Å². The lowest BCUT2D eigenvalue weighted by Crippen LogP contribution is -2.33. The number of hydrogen-bond donors (Lipinski definition) is 2. The summed E-state index contributed by atoms with van der Waals surface area (Å²) in [6.45, 7) is 6.88. The van der Waals surface area contributed by atoms with Crippen LogP contribution in [0.25, 0.3) is 5.95 Å². The van der Waals surface area contributed by atoms with E-state index in [0.717, 1.165) is 11.4 Å². The Morgan fingerprint density at radius 1 is 1.10 bits per heavy atom. The number of nitrogens with zero attached hydrogens (tertiary/aromatic N) is 4. The second-order valence-corrected chi connectivity index (χ2v) is 6.84. The molecule has 9 nitrogen and oxygen atoms in total. The van der Waals surface area contributed by atoms with Gasteiger partial charge in [-0.25, -0.2) is 9.67 Å². The minimum absolute atomic E-state index is 0.238. The highest BCUT2D eigenvalue weighted by Gasteiger charge is 2.18. The maximum atomic E-state index is 12.9. The summed E-state index contributed by atoms with van der Waals surface area (Å²) in [5, 5.41) is 7.10. The van der Waals surface area contributed by atoms with E-state index in [2.05, 4.69) is 15.4 Å². The number of benzene rings is 1. The minimum Gasteiger partial charge on any atom is -0.366 e. The molecule has 0 aliphatic carbocycles. The monoisotopic (exact) mass is 394 g/mol. The van der Waals surface area contributed by atoms with Crippen molar-refractivity contribution in [2.24, 2.45) is 5.73 Å². The van der Waals surface area contributed by atoms with Gasteiger partial charge in [0.2, 0.25) is 17.8 Å². The Hall–Kier alpha value is -3.75. The molecule has 0 radical (unpaired) electrons. The van der Waals surface area contributed by atoms with Crippen LogP contribution < -0.4 is 16.6 Å². The molecule has 3 rings (SSSR count). The van der Waals surface area contributed by atoms with Gasteiger partial charge in [-0.15, -0.1) is 0 Å². The first kappa shape index (κ1) is 20.0. The molecule has 150 valence electrons. The van der Waals surface area contributed by atoms with Crippen molar-refractivity contribution in [2.75, 3.05) is 5.32 Å². The number of nitrogens with one attached hydrogen (secondary N) is 1. The van der Waals surface area contributed by atoms with Gasteiger partial charge in [0, 0.05) is 28.2 Å². The fraction of sp³-hybridized carbons (Fsp3) is 0.250. The fourth-order valence-electron chi connectivity index (χ4n) is 2.94. The number of nitrogens with two attached hydrogens (primary N) is 1. The summed E-state index contributed by atoms with van der Waals surface area (Å²) >= 11 is 0. The standard InChI is InChI=1S/C20H22N6O3/c1-11-9-12(2)26(24-11)20-22-14(4)13(3)19(29)25(20)10-17(27)23-16-7-5-15(6-8-16)18(21)28/h5-9H,10H2,1-4H3,(H2,21,28)(H,23,27). The van der Waals surface area contributed by atoms with E-state index < -0.39 is 11.8 Å². The van der Waals surface area contributed by atoms with Crippen molar-refractivity contribution < 1.29 is 9.59 Å². The van der Waals surface area contributed by atoms with E-state index in [0.29, 0.717) is 22.5 Å². The molecule has 0 fully saturated rings. The smallest absolute Gasteiger partial charge is 0.258 e. The number of primary amides is 1. The first-order valence-electron chi connectivity index (χ1n) is 8.98. The maximum Gasteiger partial charge on any atom is 0.258 e. The zero-order chi connectivity index (χ0) is 21.3. The number of carbonyl (C=O) groups excluding carboxylic acids is 2. The van der Waals surface area contributed by atoms with Crippen LogP contribution >= 0.6 is 0 Å². The van der Waals surface area contributed by atoms with E-state index in [9.17, 15) is 14.4 Å². The quantitative estimate of drug-likeness (QED) is 0.677. The first-order chi connectivity index (χ1) is 13.7. The third-order valence-electron chi connectivity index (χ3n) is 4.57. The number of aryl methyl sites for hydroxylation is 3. The van der Waals surface area contributed by atoms with Crippen LogP contribution in [-0.2, 0) is 11.3 Å². The molecule has 0 unspecified atom stereocenters. The van der Waals surface area contributed by atoms with Crippen molar-refractivity contribution in [1.29, 1.82) is 0 Å². The molecule has 0 spiro atoms. The molecule has 1 aromatic carbocycles. The zero-order valence-corrected chi connectivity index (χ0v) is 16.7. The Morgan fingerprint density at radius 3 is 2.31 bits per heavy atom. The van der Waals surface area contributed by atoms with Crippen molar-refractivity contribution in [2.45, 2.75) is 34.2 Å². The van der Waals surface area contributed by atoms with Crippen molar-refractivity contribution in [3.8, 4) is 5.95 Å². The number of amides is 2. The topological polar surface area (TPSA) is 125 Å². The number of anilines is 1. The third-order valence-corrected chi connectivity index (χ3v) is 4.57. The van der Waals surface area contributed by atoms with Gasteiger partial charge in [0.1, 0.15) is 6.54 Å². The van der Waals surface area contributed by atoms with Crippen molar-refractivity contribution in [3.05, 3.63) is 68.9 Å². The number of aromatic nitrogens is 4. The maximum absolute atomic E-state index is 12.9. The average Bonchev–Trinajstić information content (AvgIpc) is 3.00. The molecule has 0 aliphatic rings. The summed E-state index contributed by atoms with van der Waals surface area (Å²) in [5.74, 6) is -0.681. The number of rotatable bonds is 5. The summed E-state index contributed by atoms with van der Waals surface area (Å²) in [6.07, 6.45) is 0. The molecule has 0 atom stereocenters. The van der Waals surface area contributed by atoms with Crippen LogP contribution in [0, 0.1) is 27.7 Å². The molecule has 2 amide bonds. The molecule has 29 heavy (non-hydrogen) atoms. The lowest BCUT2D eigenvalue weighted by molar-refractivity contribution is -0.116. The molecular formula is C20H22N6O3. The highest BCUT2D eigenvalue weighted by molar-refractivity contribution is 5.94. The van der Waals surface area contributed by atoms with Crippen LogP contribution in [0.15, 0.2) is 35.1 Å². The van der Waals surface area contributed by atoms with Crippen molar-refractivity contribution in [1.82, 2.24) is 19.3 Å². The molecular weight excluding hydrogens is 372 g/mol. The van der Waals surface area contributed by atoms with E-state index in [4.69, 9.17) is 5.73 Å². The lowest BCUT2D eigenvalue weighted by atomic mass is 10.2. The molecule has 0 saturated carbocycles. The van der Waals surface area contributed by atoms with Crippen LogP contribution in [0.5, 0.6) is 0 Å². The third kappa shape index (κ3) is 4.08. The minimum atomic E-state index is -0.551. The normalized spacial score (nSPS) is 10.8. The zero-order valence-electron chi connectivity index (χ0n) is 16.7. The van der Waals surface area contributed by atoms with Gasteiger partial charge in [-0.05, 0) is 58.0 Å². The summed E-state index contributed by atoms with van der Waals surface area (Å²) in [4.78, 5) is 41.1. The van der Waals surface area contributed by atoms with Gasteiger partial charge in [0.05, 0.1) is 5.69 Å². The molecule has 0 aliphatic heterocycles. The first-order valence-corrected chi connectivity index (χ1v) is 8.98. The highest BCUT2D eigenvalue weighted by atomic mass is 16.2. The van der Waals surface area contributed by atoms with Crippen molar-refractivity contribution >= 4 is 17.5 Å². The van der Waals surface area contributed by atoms with Gasteiger partial charge in [0.15, 0.2) is 0 Å². The van der Waals surface area contributed by atoms with E-state index >= 15 is 0 Å². The number of carbonyl (C=O) groups is 2. The predicted octanol–water partition coefficient (Wildman–Crippen LogP) is 1.40. The predicted molar refractivity (Wildman–Crippen MR) is 108 cm³/mol. The average molecular weight is 394 g/mol. The van der Waals surface area contributed by atoms with Crippen LogP contribution in [0.4, 0.5) is 5.69 Å². The second kappa shape index (κ2) is 7.70. The molecule has 2 aromatic heterocycles. The summed E-state index contributed by atoms with van der Waals surface area (Å²) in [6, 6.07) is 8.04. The molecule has 3 aromatic rings. The van der Waals surface area contributed by atoms with Crippen LogP contribution in [0.3, 0.4) is 0 Å². The summed E-state index contributed by atoms with van der Waals surface area (Å²) < 4.78 is 2.85. The second-order valence-electron chi connectivity index (χ2n) is 6.84. The largest absolute Gasteiger partial charge is 0.366 e. The Bertz CT molecular complexity index is 1160. The SMILES string of the molecule is Cc1cc(C)n(-c2nc(C)c(C)c(=O)n2CC(=O)Nc2ccc(C(N)=O)cc2)n1. The van der Waals surface area contributed by atoms with E-state index in [1.54, 1.807) is 30.7 Å². The van der Waals surface area contributed by atoms with E-state index in [1.165, 1.54) is 16.7 Å². The summed E-state index contributed by atoms with van der Waals surface area (Å²) in [7, 11) is 0. The van der Waals surface area contributed by atoms with Crippen molar-refractivity contribution in [3.63, 3.8) is 0 Å². The van der Waals surface area contributed by atoms with Crippen LogP contribution in [0.1, 0.15) is 33.0 Å². The Kier molecular flexibility index (Phi) is 5.31. The molecule has 2 heterocycles. The van der Waals surface area contributed by atoms with Crippen LogP contribution in [-0.4, -0.2) is 31.1 Å². The van der Waals surface area contributed by atoms with Gasteiger partial charge in [-0.2, -0.15) is 5.10 Å². The molecule has 3 N–H and O–H groups in total. The van der Waals surface area contributed by atoms with E-state index in [1.807, 2.05) is 19.9 Å². The van der Waals surface area contributed by atoms with E-state index in [-0.39, 0.29) is 18.1 Å². The number of hydrogen-bond acceptors (Lipinski definition) is 5. The Balaban J connectivity index is 1.94. The van der Waals surface area contributed by atoms with Gasteiger partial charge >= 0.3 is 0 Å². The Morgan fingerprint density at radius 2 is 1.76 bits per heavy atom. The summed E-state index contributed by atoms with van der Waals surface area (Å²) in [5.41, 5.74) is 8.36.